The number of sulfone groups is 1. The number of hydrogen-bond acceptors (Lipinski definition) is 2. The zero-order chi connectivity index (χ0) is 10.6. The molecule has 0 unspecified atom stereocenters. The second-order valence-corrected chi connectivity index (χ2v) is 5.66. The van der Waals surface area contributed by atoms with Crippen molar-refractivity contribution in [2.24, 2.45) is 0 Å². The average Bonchev–Trinajstić information content (AvgIpc) is 2.16. The van der Waals surface area contributed by atoms with Gasteiger partial charge in [-0.05, 0) is 25.5 Å². The van der Waals surface area contributed by atoms with E-state index in [4.69, 9.17) is 11.6 Å². The summed E-state index contributed by atoms with van der Waals surface area (Å²) in [7, 11) is -3.12. The Balaban J connectivity index is 2.87. The molecule has 4 heteroatoms. The van der Waals surface area contributed by atoms with Crippen LogP contribution in [0, 0.1) is 6.92 Å². The zero-order valence-electron chi connectivity index (χ0n) is 8.03. The SMILES string of the molecule is Cc1ccc(S(=O)(=O)CCCCl)cc1. The van der Waals surface area contributed by atoms with Crippen molar-refractivity contribution in [1.82, 2.24) is 0 Å². The van der Waals surface area contributed by atoms with Gasteiger partial charge in [0.05, 0.1) is 10.6 Å². The highest BCUT2D eigenvalue weighted by atomic mass is 35.5. The van der Waals surface area contributed by atoms with Crippen molar-refractivity contribution in [2.75, 3.05) is 11.6 Å². The van der Waals surface area contributed by atoms with Gasteiger partial charge in [0.25, 0.3) is 0 Å². The molecule has 0 aliphatic rings. The lowest BCUT2D eigenvalue weighted by Gasteiger charge is -2.02. The van der Waals surface area contributed by atoms with Gasteiger partial charge in [0, 0.05) is 5.88 Å². The van der Waals surface area contributed by atoms with Crippen molar-refractivity contribution >= 4 is 21.4 Å². The summed E-state index contributed by atoms with van der Waals surface area (Å²) in [6.45, 7) is 1.93. The maximum absolute atomic E-state index is 11.6. The van der Waals surface area contributed by atoms with E-state index in [0.29, 0.717) is 17.2 Å². The molecule has 14 heavy (non-hydrogen) atoms. The first-order valence-corrected chi connectivity index (χ1v) is 6.60. The van der Waals surface area contributed by atoms with E-state index in [-0.39, 0.29) is 5.75 Å². The summed E-state index contributed by atoms with van der Waals surface area (Å²) in [5.41, 5.74) is 1.06. The Morgan fingerprint density at radius 2 is 1.79 bits per heavy atom. The van der Waals surface area contributed by atoms with Crippen LogP contribution in [0.4, 0.5) is 0 Å². The van der Waals surface area contributed by atoms with Crippen LogP contribution in [0.15, 0.2) is 29.2 Å². The van der Waals surface area contributed by atoms with Gasteiger partial charge in [0.1, 0.15) is 0 Å². The van der Waals surface area contributed by atoms with E-state index >= 15 is 0 Å². The van der Waals surface area contributed by atoms with Crippen molar-refractivity contribution in [3.8, 4) is 0 Å². The molecule has 1 rings (SSSR count). The Hall–Kier alpha value is -0.540. The second-order valence-electron chi connectivity index (χ2n) is 3.17. The highest BCUT2D eigenvalue weighted by molar-refractivity contribution is 7.91. The molecule has 2 nitrogen and oxygen atoms in total. The lowest BCUT2D eigenvalue weighted by molar-refractivity contribution is 0.595. The summed E-state index contributed by atoms with van der Waals surface area (Å²) in [4.78, 5) is 0.383. The molecule has 0 radical (unpaired) electrons. The molecular weight excluding hydrogens is 220 g/mol. The molecule has 0 saturated carbocycles. The lowest BCUT2D eigenvalue weighted by atomic mass is 10.2. The van der Waals surface area contributed by atoms with Crippen LogP contribution in [-0.4, -0.2) is 20.1 Å². The molecule has 0 aromatic heterocycles. The van der Waals surface area contributed by atoms with E-state index in [1.54, 1.807) is 24.3 Å². The molecule has 78 valence electrons. The van der Waals surface area contributed by atoms with Crippen LogP contribution in [0.1, 0.15) is 12.0 Å². The molecule has 0 spiro atoms. The fourth-order valence-corrected chi connectivity index (χ4v) is 2.71. The van der Waals surface area contributed by atoms with E-state index in [0.717, 1.165) is 5.56 Å². The first-order chi connectivity index (χ1) is 6.56. The van der Waals surface area contributed by atoms with E-state index in [2.05, 4.69) is 0 Å². The Labute approximate surface area is 89.8 Å². The van der Waals surface area contributed by atoms with Crippen molar-refractivity contribution in [2.45, 2.75) is 18.2 Å². The maximum Gasteiger partial charge on any atom is 0.178 e. The third-order valence-electron chi connectivity index (χ3n) is 1.93. The smallest absolute Gasteiger partial charge is 0.178 e. The van der Waals surface area contributed by atoms with Crippen LogP contribution in [0.2, 0.25) is 0 Å². The Morgan fingerprint density at radius 3 is 2.29 bits per heavy atom. The summed E-state index contributed by atoms with van der Waals surface area (Å²) < 4.78 is 23.3. The summed E-state index contributed by atoms with van der Waals surface area (Å²) in [6.07, 6.45) is 0.498. The van der Waals surface area contributed by atoms with Gasteiger partial charge >= 0.3 is 0 Å². The van der Waals surface area contributed by atoms with Gasteiger partial charge in [-0.15, -0.1) is 11.6 Å². The van der Waals surface area contributed by atoms with Crippen LogP contribution in [0.5, 0.6) is 0 Å². The topological polar surface area (TPSA) is 34.1 Å². The molecule has 0 saturated heterocycles. The van der Waals surface area contributed by atoms with Crippen LogP contribution in [0.25, 0.3) is 0 Å². The first-order valence-electron chi connectivity index (χ1n) is 4.41. The average molecular weight is 233 g/mol. The molecule has 0 heterocycles. The minimum atomic E-state index is -3.12. The van der Waals surface area contributed by atoms with E-state index in [1.807, 2.05) is 6.92 Å². The van der Waals surface area contributed by atoms with Gasteiger partial charge in [0.2, 0.25) is 0 Å². The lowest BCUT2D eigenvalue weighted by Crippen LogP contribution is -2.07. The number of rotatable bonds is 4. The standard InChI is InChI=1S/C10H13ClO2S/c1-9-3-5-10(6-4-9)14(12,13)8-2-7-11/h3-6H,2,7-8H2,1H3. The predicted molar refractivity (Wildman–Crippen MR) is 58.6 cm³/mol. The highest BCUT2D eigenvalue weighted by Gasteiger charge is 2.12. The Kier molecular flexibility index (Phi) is 3.96. The van der Waals surface area contributed by atoms with Gasteiger partial charge in [-0.1, -0.05) is 17.7 Å². The van der Waals surface area contributed by atoms with Crippen LogP contribution < -0.4 is 0 Å². The molecule has 0 bridgehead atoms. The summed E-state index contributed by atoms with van der Waals surface area (Å²) in [5, 5.41) is 0. The normalized spacial score (nSPS) is 11.6. The number of alkyl halides is 1. The quantitative estimate of drug-likeness (QED) is 0.748. The minimum Gasteiger partial charge on any atom is -0.224 e. The Bertz CT molecular complexity index is 381. The molecule has 0 aliphatic heterocycles. The van der Waals surface area contributed by atoms with Gasteiger partial charge in [-0.2, -0.15) is 0 Å². The molecule has 0 aliphatic carbocycles. The summed E-state index contributed by atoms with van der Waals surface area (Å²) >= 11 is 5.46. The monoisotopic (exact) mass is 232 g/mol. The van der Waals surface area contributed by atoms with Gasteiger partial charge in [-0.25, -0.2) is 8.42 Å². The molecule has 0 atom stereocenters. The van der Waals surface area contributed by atoms with Crippen molar-refractivity contribution in [1.29, 1.82) is 0 Å². The predicted octanol–water partition coefficient (Wildman–Crippen LogP) is 2.40. The van der Waals surface area contributed by atoms with Crippen molar-refractivity contribution in [3.63, 3.8) is 0 Å². The fourth-order valence-electron chi connectivity index (χ4n) is 1.11. The largest absolute Gasteiger partial charge is 0.224 e. The molecular formula is C10H13ClO2S. The fraction of sp³-hybridized carbons (Fsp3) is 0.400. The first kappa shape index (κ1) is 11.5. The molecule has 0 amide bonds. The van der Waals surface area contributed by atoms with Crippen molar-refractivity contribution < 1.29 is 8.42 Å². The number of hydrogen-bond donors (Lipinski definition) is 0. The Morgan fingerprint density at radius 1 is 1.21 bits per heavy atom. The molecule has 0 N–H and O–H groups in total. The second kappa shape index (κ2) is 4.80. The number of aryl methyl sites for hydroxylation is 1. The van der Waals surface area contributed by atoms with E-state index in [9.17, 15) is 8.42 Å². The van der Waals surface area contributed by atoms with Gasteiger partial charge < -0.3 is 0 Å². The maximum atomic E-state index is 11.6. The van der Waals surface area contributed by atoms with Crippen LogP contribution in [0.3, 0.4) is 0 Å². The highest BCUT2D eigenvalue weighted by Crippen LogP contribution is 2.12. The molecule has 1 aromatic rings. The van der Waals surface area contributed by atoms with Crippen LogP contribution >= 0.6 is 11.6 Å². The zero-order valence-corrected chi connectivity index (χ0v) is 9.61. The molecule has 0 fully saturated rings. The number of benzene rings is 1. The summed E-state index contributed by atoms with van der Waals surface area (Å²) in [6, 6.07) is 6.87. The van der Waals surface area contributed by atoms with Gasteiger partial charge in [-0.3, -0.25) is 0 Å². The van der Waals surface area contributed by atoms with E-state index < -0.39 is 9.84 Å². The summed E-state index contributed by atoms with van der Waals surface area (Å²) in [5.74, 6) is 0.505. The van der Waals surface area contributed by atoms with E-state index in [1.165, 1.54) is 0 Å². The number of halogens is 1. The third kappa shape index (κ3) is 3.00. The minimum absolute atomic E-state index is 0.125. The molecule has 1 aromatic carbocycles. The van der Waals surface area contributed by atoms with Crippen molar-refractivity contribution in [3.05, 3.63) is 29.8 Å². The third-order valence-corrected chi connectivity index (χ3v) is 4.01. The van der Waals surface area contributed by atoms with Gasteiger partial charge in [0.15, 0.2) is 9.84 Å². The van der Waals surface area contributed by atoms with Crippen LogP contribution in [-0.2, 0) is 9.84 Å².